The Balaban J connectivity index is 2.16. The number of benzene rings is 2. The fourth-order valence-electron chi connectivity index (χ4n) is 2.39. The van der Waals surface area contributed by atoms with Gasteiger partial charge in [0.25, 0.3) is 0 Å². The first-order valence-corrected chi connectivity index (χ1v) is 7.01. The van der Waals surface area contributed by atoms with Crippen LogP contribution in [0.2, 0.25) is 0 Å². The third-order valence-electron chi connectivity index (χ3n) is 3.60. The lowest BCUT2D eigenvalue weighted by molar-refractivity contribution is 0.416. The average molecular weight is 291 g/mol. The van der Waals surface area contributed by atoms with E-state index >= 15 is 0 Å². The van der Waals surface area contributed by atoms with Crippen LogP contribution in [-0.2, 0) is 0 Å². The van der Waals surface area contributed by atoms with Crippen LogP contribution in [0.15, 0.2) is 42.5 Å². The molecule has 1 unspecified atom stereocenters. The summed E-state index contributed by atoms with van der Waals surface area (Å²) < 4.78 is 26.0. The van der Waals surface area contributed by atoms with Crippen LogP contribution < -0.4 is 5.32 Å². The molecule has 0 saturated carbocycles. The van der Waals surface area contributed by atoms with Gasteiger partial charge in [-0.3, -0.25) is 0 Å². The van der Waals surface area contributed by atoms with Gasteiger partial charge in [-0.15, -0.1) is 0 Å². The summed E-state index contributed by atoms with van der Waals surface area (Å²) in [6.45, 7) is 3.95. The van der Waals surface area contributed by atoms with Crippen molar-refractivity contribution >= 4 is 0 Å². The summed E-state index contributed by atoms with van der Waals surface area (Å²) in [5, 5.41) is 13.3. The molecule has 2 rings (SSSR count). The second kappa shape index (κ2) is 6.68. The maximum absolute atomic E-state index is 13.1. The first-order valence-electron chi connectivity index (χ1n) is 7.01. The van der Waals surface area contributed by atoms with Crippen LogP contribution in [0.5, 0.6) is 5.75 Å². The SMILES string of the molecule is CCC(N[C@H](C)c1ccc(F)cc1)c1ccc(F)cc1O. The number of halogens is 2. The van der Waals surface area contributed by atoms with E-state index in [1.54, 1.807) is 18.2 Å². The number of nitrogens with one attached hydrogen (secondary N) is 1. The molecule has 0 bridgehead atoms. The van der Waals surface area contributed by atoms with Crippen LogP contribution in [0, 0.1) is 11.6 Å². The molecule has 0 amide bonds. The second-order valence-corrected chi connectivity index (χ2v) is 5.10. The van der Waals surface area contributed by atoms with Crippen molar-refractivity contribution in [1.82, 2.24) is 5.32 Å². The Hall–Kier alpha value is -1.94. The van der Waals surface area contributed by atoms with Gasteiger partial charge in [0.05, 0.1) is 0 Å². The second-order valence-electron chi connectivity index (χ2n) is 5.10. The lowest BCUT2D eigenvalue weighted by Crippen LogP contribution is -2.24. The highest BCUT2D eigenvalue weighted by atomic mass is 19.1. The highest BCUT2D eigenvalue weighted by Crippen LogP contribution is 2.29. The van der Waals surface area contributed by atoms with E-state index in [9.17, 15) is 13.9 Å². The number of hydrogen-bond acceptors (Lipinski definition) is 2. The highest BCUT2D eigenvalue weighted by molar-refractivity contribution is 5.35. The predicted octanol–water partition coefficient (Wildman–Crippen LogP) is 4.47. The van der Waals surface area contributed by atoms with Crippen molar-refractivity contribution in [2.45, 2.75) is 32.4 Å². The van der Waals surface area contributed by atoms with E-state index in [4.69, 9.17) is 0 Å². The van der Waals surface area contributed by atoms with Gasteiger partial charge in [0.1, 0.15) is 17.4 Å². The highest BCUT2D eigenvalue weighted by Gasteiger charge is 2.17. The zero-order valence-corrected chi connectivity index (χ0v) is 12.1. The maximum atomic E-state index is 13.1. The Kier molecular flexibility index (Phi) is 4.91. The third-order valence-corrected chi connectivity index (χ3v) is 3.60. The molecule has 2 aromatic carbocycles. The number of rotatable bonds is 5. The molecule has 4 heteroatoms. The third kappa shape index (κ3) is 3.79. The van der Waals surface area contributed by atoms with E-state index in [2.05, 4.69) is 5.32 Å². The van der Waals surface area contributed by atoms with Crippen molar-refractivity contribution in [2.75, 3.05) is 0 Å². The van der Waals surface area contributed by atoms with Gasteiger partial charge >= 0.3 is 0 Å². The first-order chi connectivity index (χ1) is 10.0. The molecule has 112 valence electrons. The molecule has 0 saturated heterocycles. The lowest BCUT2D eigenvalue weighted by Gasteiger charge is -2.23. The van der Waals surface area contributed by atoms with Crippen molar-refractivity contribution in [1.29, 1.82) is 0 Å². The summed E-state index contributed by atoms with van der Waals surface area (Å²) in [6, 6.07) is 10.2. The lowest BCUT2D eigenvalue weighted by atomic mass is 10.0. The van der Waals surface area contributed by atoms with Crippen molar-refractivity contribution in [3.05, 3.63) is 65.2 Å². The van der Waals surface area contributed by atoms with Crippen LogP contribution in [-0.4, -0.2) is 5.11 Å². The monoisotopic (exact) mass is 291 g/mol. The topological polar surface area (TPSA) is 32.3 Å². The number of hydrogen-bond donors (Lipinski definition) is 2. The number of phenols is 1. The van der Waals surface area contributed by atoms with Crippen molar-refractivity contribution in [3.63, 3.8) is 0 Å². The summed E-state index contributed by atoms with van der Waals surface area (Å²) >= 11 is 0. The molecular formula is C17H19F2NO. The summed E-state index contributed by atoms with van der Waals surface area (Å²) in [5.41, 5.74) is 1.62. The summed E-state index contributed by atoms with van der Waals surface area (Å²) in [6.07, 6.45) is 0.741. The summed E-state index contributed by atoms with van der Waals surface area (Å²) in [7, 11) is 0. The van der Waals surface area contributed by atoms with Crippen LogP contribution in [0.25, 0.3) is 0 Å². The summed E-state index contributed by atoms with van der Waals surface area (Å²) in [4.78, 5) is 0. The molecule has 0 heterocycles. The Bertz CT molecular complexity index is 598. The van der Waals surface area contributed by atoms with Gasteiger partial charge in [-0.05, 0) is 37.1 Å². The van der Waals surface area contributed by atoms with E-state index in [-0.39, 0.29) is 23.7 Å². The van der Waals surface area contributed by atoms with Crippen molar-refractivity contribution in [3.8, 4) is 5.75 Å². The molecule has 0 aromatic heterocycles. The largest absolute Gasteiger partial charge is 0.508 e. The minimum atomic E-state index is -0.460. The normalized spacial score (nSPS) is 13.9. The fourth-order valence-corrected chi connectivity index (χ4v) is 2.39. The molecular weight excluding hydrogens is 272 g/mol. The number of phenolic OH excluding ortho intramolecular Hbond substituents is 1. The molecule has 21 heavy (non-hydrogen) atoms. The Morgan fingerprint density at radius 1 is 1.05 bits per heavy atom. The Morgan fingerprint density at radius 3 is 2.24 bits per heavy atom. The van der Waals surface area contributed by atoms with Crippen LogP contribution in [0.3, 0.4) is 0 Å². The van der Waals surface area contributed by atoms with Crippen LogP contribution >= 0.6 is 0 Å². The van der Waals surface area contributed by atoms with Gasteiger partial charge in [-0.25, -0.2) is 8.78 Å². The standard InChI is InChI=1S/C17H19F2NO/c1-3-16(15-9-8-14(19)10-17(15)21)20-11(2)12-4-6-13(18)7-5-12/h4-11,16,20-21H,3H2,1-2H3/t11-,16?/m1/s1. The van der Waals surface area contributed by atoms with Crippen LogP contribution in [0.1, 0.15) is 43.5 Å². The van der Waals surface area contributed by atoms with Gasteiger partial charge in [0, 0.05) is 23.7 Å². The van der Waals surface area contributed by atoms with E-state index in [1.165, 1.54) is 18.2 Å². The molecule has 0 aliphatic rings. The zero-order valence-electron chi connectivity index (χ0n) is 12.1. The van der Waals surface area contributed by atoms with E-state index in [0.29, 0.717) is 5.56 Å². The predicted molar refractivity (Wildman–Crippen MR) is 79.0 cm³/mol. The van der Waals surface area contributed by atoms with E-state index < -0.39 is 5.82 Å². The average Bonchev–Trinajstić information content (AvgIpc) is 2.46. The van der Waals surface area contributed by atoms with Crippen molar-refractivity contribution < 1.29 is 13.9 Å². The Labute approximate surface area is 123 Å². The molecule has 2 aromatic rings. The zero-order chi connectivity index (χ0) is 15.4. The minimum Gasteiger partial charge on any atom is -0.508 e. The van der Waals surface area contributed by atoms with E-state index in [1.807, 2.05) is 13.8 Å². The van der Waals surface area contributed by atoms with Crippen molar-refractivity contribution in [2.24, 2.45) is 0 Å². The quantitative estimate of drug-likeness (QED) is 0.851. The molecule has 0 spiro atoms. The summed E-state index contributed by atoms with van der Waals surface area (Å²) in [5.74, 6) is -0.785. The molecule has 2 nitrogen and oxygen atoms in total. The fraction of sp³-hybridized carbons (Fsp3) is 0.294. The molecule has 0 aliphatic heterocycles. The number of aromatic hydroxyl groups is 1. The van der Waals surface area contributed by atoms with Gasteiger partial charge < -0.3 is 10.4 Å². The van der Waals surface area contributed by atoms with Crippen LogP contribution in [0.4, 0.5) is 8.78 Å². The molecule has 0 fully saturated rings. The van der Waals surface area contributed by atoms with E-state index in [0.717, 1.165) is 18.1 Å². The smallest absolute Gasteiger partial charge is 0.126 e. The van der Waals surface area contributed by atoms with Gasteiger partial charge in [0.2, 0.25) is 0 Å². The molecule has 0 aliphatic carbocycles. The van der Waals surface area contributed by atoms with Gasteiger partial charge in [-0.1, -0.05) is 25.1 Å². The van der Waals surface area contributed by atoms with Gasteiger partial charge in [-0.2, -0.15) is 0 Å². The first kappa shape index (κ1) is 15.4. The molecule has 2 atom stereocenters. The minimum absolute atomic E-state index is 0.0139. The molecule has 0 radical (unpaired) electrons. The maximum Gasteiger partial charge on any atom is 0.126 e. The molecule has 2 N–H and O–H groups in total. The Morgan fingerprint density at radius 2 is 1.67 bits per heavy atom. The van der Waals surface area contributed by atoms with Gasteiger partial charge in [0.15, 0.2) is 0 Å².